The van der Waals surface area contributed by atoms with Crippen molar-refractivity contribution in [3.8, 4) is 0 Å². The molecule has 0 saturated carbocycles. The van der Waals surface area contributed by atoms with E-state index in [4.69, 9.17) is 5.11 Å². The van der Waals surface area contributed by atoms with Crippen LogP contribution >= 0.6 is 0 Å². The number of unbranched alkanes of at least 4 members (excludes halogenated alkanes) is 6. The van der Waals surface area contributed by atoms with Crippen LogP contribution in [-0.2, 0) is 14.4 Å². The van der Waals surface area contributed by atoms with Crippen LogP contribution in [0.3, 0.4) is 0 Å². The third-order valence-electron chi connectivity index (χ3n) is 3.01. The van der Waals surface area contributed by atoms with Gasteiger partial charge >= 0.3 is 35.5 Å². The first-order chi connectivity index (χ1) is 9.47. The van der Waals surface area contributed by atoms with E-state index >= 15 is 0 Å². The number of carboxylic acids is 2. The number of carbonyl (C=O) groups is 3. The number of nitrogens with one attached hydrogen (secondary N) is 1. The number of aliphatic carboxylic acids is 2. The Kier molecular flexibility index (Phi) is 15.5. The maximum absolute atomic E-state index is 11.5. The van der Waals surface area contributed by atoms with Crippen LogP contribution in [0.25, 0.3) is 0 Å². The second-order valence-electron chi connectivity index (χ2n) is 4.91. The SMILES string of the molecule is CCCCCCCCCC(=O)N[C@@H](CC(=O)O)C(=O)[O-].[Na+]. The Hall–Kier alpha value is -0.590. The first-order valence-electron chi connectivity index (χ1n) is 7.19. The summed E-state index contributed by atoms with van der Waals surface area (Å²) in [5.74, 6) is -3.29. The van der Waals surface area contributed by atoms with Crippen molar-refractivity contribution in [3.63, 3.8) is 0 Å². The average molecular weight is 309 g/mol. The number of hydrogen-bond acceptors (Lipinski definition) is 4. The zero-order valence-electron chi connectivity index (χ0n) is 13.0. The number of carboxylic acid groups (broad SMARTS) is 2. The summed E-state index contributed by atoms with van der Waals surface area (Å²) in [5, 5.41) is 21.4. The van der Waals surface area contributed by atoms with Gasteiger partial charge < -0.3 is 20.3 Å². The molecule has 0 aromatic heterocycles. The Labute approximate surface area is 148 Å². The van der Waals surface area contributed by atoms with Gasteiger partial charge in [0.15, 0.2) is 0 Å². The molecule has 0 bridgehead atoms. The first kappa shape index (κ1) is 22.7. The molecular weight excluding hydrogens is 285 g/mol. The van der Waals surface area contributed by atoms with Crippen molar-refractivity contribution in [2.24, 2.45) is 0 Å². The van der Waals surface area contributed by atoms with Crippen LogP contribution in [0.1, 0.15) is 64.7 Å². The summed E-state index contributed by atoms with van der Waals surface area (Å²) in [6.45, 7) is 2.15. The monoisotopic (exact) mass is 309 g/mol. The van der Waals surface area contributed by atoms with Crippen molar-refractivity contribution in [1.82, 2.24) is 5.32 Å². The van der Waals surface area contributed by atoms with E-state index < -0.39 is 30.3 Å². The molecule has 0 aromatic carbocycles. The summed E-state index contributed by atoms with van der Waals surface area (Å²) in [6, 6.07) is -1.45. The van der Waals surface area contributed by atoms with Crippen molar-refractivity contribution >= 4 is 17.8 Å². The van der Waals surface area contributed by atoms with Gasteiger partial charge in [0.1, 0.15) is 0 Å². The summed E-state index contributed by atoms with van der Waals surface area (Å²) in [5.41, 5.74) is 0. The Balaban J connectivity index is 0. The van der Waals surface area contributed by atoms with Gasteiger partial charge in [0, 0.05) is 6.42 Å². The second kappa shape index (κ2) is 14.4. The maximum atomic E-state index is 11.5. The molecule has 0 heterocycles. The van der Waals surface area contributed by atoms with E-state index in [0.717, 1.165) is 19.3 Å². The molecule has 0 aliphatic carbocycles. The fourth-order valence-electron chi connectivity index (χ4n) is 1.88. The summed E-state index contributed by atoms with van der Waals surface area (Å²) in [6.07, 6.45) is 7.00. The molecule has 0 unspecified atom stereocenters. The quantitative estimate of drug-likeness (QED) is 0.315. The largest absolute Gasteiger partial charge is 1.00 e. The van der Waals surface area contributed by atoms with Gasteiger partial charge in [-0.2, -0.15) is 0 Å². The molecule has 7 heteroatoms. The fourth-order valence-corrected chi connectivity index (χ4v) is 1.88. The predicted octanol–water partition coefficient (Wildman–Crippen LogP) is -2.16. The molecule has 0 aliphatic heterocycles. The fraction of sp³-hybridized carbons (Fsp3) is 0.786. The normalized spacial score (nSPS) is 11.3. The van der Waals surface area contributed by atoms with Gasteiger partial charge in [0.05, 0.1) is 18.4 Å². The van der Waals surface area contributed by atoms with Gasteiger partial charge in [0.2, 0.25) is 5.91 Å². The van der Waals surface area contributed by atoms with Crippen LogP contribution in [0.5, 0.6) is 0 Å². The van der Waals surface area contributed by atoms with Crippen molar-refractivity contribution in [2.75, 3.05) is 0 Å². The molecule has 2 N–H and O–H groups in total. The number of rotatable bonds is 12. The molecule has 0 aliphatic rings. The van der Waals surface area contributed by atoms with Crippen LogP contribution in [0.15, 0.2) is 0 Å². The summed E-state index contributed by atoms with van der Waals surface area (Å²) in [4.78, 5) is 32.6. The standard InChI is InChI=1S/C14H25NO5.Na/c1-2-3-4-5-6-7-8-9-12(16)15-11(14(19)20)10-13(17)18;/h11H,2-10H2,1H3,(H,15,16)(H,17,18)(H,19,20);/q;+1/p-1/t11-;/m0./s1. The molecule has 21 heavy (non-hydrogen) atoms. The number of hydrogen-bond donors (Lipinski definition) is 2. The van der Waals surface area contributed by atoms with Crippen LogP contribution in [0.2, 0.25) is 0 Å². The Morgan fingerprint density at radius 3 is 2.05 bits per heavy atom. The molecule has 0 saturated heterocycles. The van der Waals surface area contributed by atoms with E-state index in [-0.39, 0.29) is 36.0 Å². The number of carbonyl (C=O) groups excluding carboxylic acids is 2. The summed E-state index contributed by atoms with van der Waals surface area (Å²) in [7, 11) is 0. The Bertz CT molecular complexity index is 322. The van der Waals surface area contributed by atoms with Crippen molar-refractivity contribution in [1.29, 1.82) is 0 Å². The number of amides is 1. The topological polar surface area (TPSA) is 107 Å². The van der Waals surface area contributed by atoms with Gasteiger partial charge in [-0.05, 0) is 6.42 Å². The van der Waals surface area contributed by atoms with Crippen molar-refractivity contribution in [2.45, 2.75) is 70.8 Å². The van der Waals surface area contributed by atoms with E-state index in [1.165, 1.54) is 19.3 Å². The second-order valence-corrected chi connectivity index (χ2v) is 4.91. The van der Waals surface area contributed by atoms with Crippen molar-refractivity contribution in [3.05, 3.63) is 0 Å². The Morgan fingerprint density at radius 2 is 1.57 bits per heavy atom. The van der Waals surface area contributed by atoms with Crippen LogP contribution in [0, 0.1) is 0 Å². The zero-order valence-corrected chi connectivity index (χ0v) is 15.0. The minimum atomic E-state index is -1.57. The predicted molar refractivity (Wildman–Crippen MR) is 71.8 cm³/mol. The van der Waals surface area contributed by atoms with Crippen LogP contribution in [0.4, 0.5) is 0 Å². The summed E-state index contributed by atoms with van der Waals surface area (Å²) >= 11 is 0. The van der Waals surface area contributed by atoms with Crippen LogP contribution < -0.4 is 40.0 Å². The Morgan fingerprint density at radius 1 is 1.05 bits per heavy atom. The van der Waals surface area contributed by atoms with E-state index in [9.17, 15) is 19.5 Å². The third kappa shape index (κ3) is 14.1. The maximum Gasteiger partial charge on any atom is 1.00 e. The van der Waals surface area contributed by atoms with Gasteiger partial charge in [-0.1, -0.05) is 45.4 Å². The van der Waals surface area contributed by atoms with Gasteiger partial charge in [-0.15, -0.1) is 0 Å². The van der Waals surface area contributed by atoms with Crippen molar-refractivity contribution < 1.29 is 54.2 Å². The molecular formula is C14H24NNaO5. The van der Waals surface area contributed by atoms with Gasteiger partial charge in [-0.25, -0.2) is 0 Å². The molecule has 1 atom stereocenters. The molecule has 0 radical (unpaired) electrons. The molecule has 0 aromatic rings. The molecule has 0 fully saturated rings. The summed E-state index contributed by atoms with van der Waals surface area (Å²) < 4.78 is 0. The average Bonchev–Trinajstić information content (AvgIpc) is 2.36. The van der Waals surface area contributed by atoms with Gasteiger partial charge in [-0.3, -0.25) is 9.59 Å². The van der Waals surface area contributed by atoms with E-state index in [1.807, 2.05) is 0 Å². The molecule has 1 amide bonds. The molecule has 0 spiro atoms. The minimum Gasteiger partial charge on any atom is -0.548 e. The van der Waals surface area contributed by atoms with E-state index in [1.54, 1.807) is 0 Å². The van der Waals surface area contributed by atoms with E-state index in [2.05, 4.69) is 12.2 Å². The minimum absolute atomic E-state index is 0. The third-order valence-corrected chi connectivity index (χ3v) is 3.01. The van der Waals surface area contributed by atoms with Crippen LogP contribution in [-0.4, -0.2) is 29.0 Å². The molecule has 0 rings (SSSR count). The zero-order chi connectivity index (χ0) is 15.4. The first-order valence-corrected chi connectivity index (χ1v) is 7.19. The van der Waals surface area contributed by atoms with Gasteiger partial charge in [0.25, 0.3) is 0 Å². The molecule has 116 valence electrons. The smallest absolute Gasteiger partial charge is 0.548 e. The molecule has 6 nitrogen and oxygen atoms in total. The van der Waals surface area contributed by atoms with E-state index in [0.29, 0.717) is 6.42 Å².